The number of methoxy groups -OCH3 is 1. The molecule has 0 heterocycles. The standard InChI is InChI=1S/C11H16O2.C5H5.CH2.Ti/c1-11(2,3)8-5-9(12)7-10(6-8)13-4;1-2-4-5-3-1;;/h5-7,12H,1-4H3;1-3H,4H2;1H2;/q;;;+1/p-1. The van der Waals surface area contributed by atoms with E-state index in [1.54, 1.807) is 7.11 Å². The van der Waals surface area contributed by atoms with E-state index in [9.17, 15) is 0 Å². The number of allylic oxidation sites excluding steroid dienone is 4. The van der Waals surface area contributed by atoms with Crippen LogP contribution < -0.4 is 8.06 Å². The molecule has 0 spiro atoms. The van der Waals surface area contributed by atoms with Crippen molar-refractivity contribution in [2.75, 3.05) is 7.11 Å². The number of benzene rings is 1. The first-order valence-electron chi connectivity index (χ1n) is 6.82. The van der Waals surface area contributed by atoms with Gasteiger partial charge in [-0.05, 0) is 0 Å². The molecule has 3 heteroatoms. The molecule has 0 amide bonds. The molecular formula is C17H22O2Ti. The fourth-order valence-electron chi connectivity index (χ4n) is 2.04. The summed E-state index contributed by atoms with van der Waals surface area (Å²) in [6.07, 6.45) is 7.38. The number of rotatable bonds is 4. The molecule has 0 aromatic heterocycles. The Hall–Kier alpha value is -1.12. The first-order chi connectivity index (χ1) is 9.40. The molecule has 0 unspecified atom stereocenters. The van der Waals surface area contributed by atoms with Crippen LogP contribution in [0.4, 0.5) is 0 Å². The first-order valence-corrected chi connectivity index (χ1v) is 9.35. The molecule has 1 aliphatic carbocycles. The predicted molar refractivity (Wildman–Crippen MR) is 81.3 cm³/mol. The van der Waals surface area contributed by atoms with Crippen molar-refractivity contribution < 1.29 is 25.9 Å². The average molecular weight is 306 g/mol. The summed E-state index contributed by atoms with van der Waals surface area (Å²) in [5.41, 5.74) is 1.29. The molecule has 106 valence electrons. The Morgan fingerprint density at radius 1 is 1.15 bits per heavy atom. The third-order valence-corrected chi connectivity index (χ3v) is 5.80. The molecule has 0 atom stereocenters. The van der Waals surface area contributed by atoms with E-state index in [2.05, 4.69) is 55.9 Å². The average Bonchev–Trinajstić information content (AvgIpc) is 2.91. The Bertz CT molecular complexity index is 577. The van der Waals surface area contributed by atoms with E-state index in [0.29, 0.717) is 0 Å². The summed E-state index contributed by atoms with van der Waals surface area (Å²) in [5, 5.41) is 0. The second-order valence-corrected chi connectivity index (χ2v) is 8.64. The molecule has 1 aromatic carbocycles. The number of hydrogen-bond donors (Lipinski definition) is 0. The van der Waals surface area contributed by atoms with E-state index < -0.39 is 17.8 Å². The quantitative estimate of drug-likeness (QED) is 0.777. The zero-order valence-electron chi connectivity index (χ0n) is 12.7. The minimum absolute atomic E-state index is 0.0716. The van der Waals surface area contributed by atoms with Gasteiger partial charge in [-0.1, -0.05) is 0 Å². The molecule has 0 saturated heterocycles. The van der Waals surface area contributed by atoms with Crippen molar-refractivity contribution in [3.8, 4) is 11.5 Å². The van der Waals surface area contributed by atoms with E-state index in [1.807, 2.05) is 6.07 Å². The molecule has 0 radical (unpaired) electrons. The predicted octanol–water partition coefficient (Wildman–Crippen LogP) is 4.18. The Labute approximate surface area is 127 Å². The third kappa shape index (κ3) is 3.71. The molecule has 2 nitrogen and oxygen atoms in total. The van der Waals surface area contributed by atoms with Gasteiger partial charge in [0.05, 0.1) is 0 Å². The summed E-state index contributed by atoms with van der Waals surface area (Å²) < 4.78 is 12.9. The van der Waals surface area contributed by atoms with Crippen molar-refractivity contribution in [3.05, 3.63) is 45.9 Å². The molecule has 2 rings (SSSR count). The van der Waals surface area contributed by atoms with Crippen molar-refractivity contribution in [3.63, 3.8) is 0 Å². The second-order valence-electron chi connectivity index (χ2n) is 6.00. The van der Waals surface area contributed by atoms with E-state index in [1.165, 1.54) is 9.44 Å². The van der Waals surface area contributed by atoms with Crippen LogP contribution in [0, 0.1) is 0 Å². The number of hydrogen-bond acceptors (Lipinski definition) is 2. The van der Waals surface area contributed by atoms with Gasteiger partial charge in [0.25, 0.3) is 0 Å². The maximum atomic E-state index is 6.14. The van der Waals surface area contributed by atoms with Crippen LogP contribution in [0.5, 0.6) is 11.5 Å². The summed E-state index contributed by atoms with van der Waals surface area (Å²) in [6.45, 7) is 6.57. The van der Waals surface area contributed by atoms with Gasteiger partial charge in [-0.3, -0.25) is 0 Å². The van der Waals surface area contributed by atoms with Gasteiger partial charge in [0.2, 0.25) is 0 Å². The van der Waals surface area contributed by atoms with Gasteiger partial charge in [-0.2, -0.15) is 0 Å². The Kier molecular flexibility index (Phi) is 4.67. The second kappa shape index (κ2) is 6.11. The van der Waals surface area contributed by atoms with Crippen molar-refractivity contribution in [2.45, 2.75) is 32.6 Å². The van der Waals surface area contributed by atoms with Gasteiger partial charge in [-0.25, -0.2) is 0 Å². The van der Waals surface area contributed by atoms with Gasteiger partial charge >= 0.3 is 128 Å². The van der Waals surface area contributed by atoms with Crippen LogP contribution in [-0.2, 0) is 23.2 Å². The van der Waals surface area contributed by atoms with Crippen molar-refractivity contribution in [1.29, 1.82) is 0 Å². The Morgan fingerprint density at radius 3 is 2.40 bits per heavy atom. The molecule has 20 heavy (non-hydrogen) atoms. The van der Waals surface area contributed by atoms with Crippen LogP contribution in [0.25, 0.3) is 0 Å². The minimum atomic E-state index is -1.88. The SMILES string of the molecule is [CH2]=[Ti]([O]c1cc(OC)cc(C(C)(C)C)c1)[C]1=CC=CC1. The summed E-state index contributed by atoms with van der Waals surface area (Å²) in [5.74, 6) is 1.73. The zero-order valence-corrected chi connectivity index (χ0v) is 14.3. The normalized spacial score (nSPS) is 14.1. The van der Waals surface area contributed by atoms with Crippen LogP contribution >= 0.6 is 0 Å². The molecule has 0 fully saturated rings. The molecular weight excluding hydrogens is 284 g/mol. The van der Waals surface area contributed by atoms with Crippen LogP contribution in [0.15, 0.2) is 40.3 Å². The van der Waals surface area contributed by atoms with E-state index in [4.69, 9.17) is 8.06 Å². The fourth-order valence-corrected chi connectivity index (χ4v) is 3.86. The van der Waals surface area contributed by atoms with E-state index in [0.717, 1.165) is 17.9 Å². The topological polar surface area (TPSA) is 18.5 Å². The van der Waals surface area contributed by atoms with Crippen molar-refractivity contribution >= 4 is 4.82 Å². The van der Waals surface area contributed by atoms with Crippen LogP contribution in [0.3, 0.4) is 0 Å². The summed E-state index contributed by atoms with van der Waals surface area (Å²) in [4.78, 5) is 4.26. The maximum absolute atomic E-state index is 6.14. The molecule has 0 saturated carbocycles. The van der Waals surface area contributed by atoms with E-state index >= 15 is 0 Å². The van der Waals surface area contributed by atoms with Crippen molar-refractivity contribution in [1.82, 2.24) is 0 Å². The molecule has 1 aliphatic rings. The molecule has 0 N–H and O–H groups in total. The molecule has 0 aliphatic heterocycles. The van der Waals surface area contributed by atoms with Crippen LogP contribution in [-0.4, -0.2) is 11.9 Å². The van der Waals surface area contributed by atoms with Gasteiger partial charge in [0, 0.05) is 0 Å². The molecule has 0 bridgehead atoms. The number of ether oxygens (including phenoxy) is 1. The van der Waals surface area contributed by atoms with Gasteiger partial charge in [0.1, 0.15) is 0 Å². The fraction of sp³-hybridized carbons (Fsp3) is 0.353. The van der Waals surface area contributed by atoms with Crippen LogP contribution in [0.1, 0.15) is 32.8 Å². The third-order valence-electron chi connectivity index (χ3n) is 3.35. The van der Waals surface area contributed by atoms with E-state index in [-0.39, 0.29) is 5.41 Å². The summed E-state index contributed by atoms with van der Waals surface area (Å²) in [6, 6.07) is 6.14. The van der Waals surface area contributed by atoms with Gasteiger partial charge in [-0.15, -0.1) is 0 Å². The van der Waals surface area contributed by atoms with Crippen molar-refractivity contribution in [2.24, 2.45) is 0 Å². The first kappa shape index (κ1) is 15.3. The summed E-state index contributed by atoms with van der Waals surface area (Å²) in [7, 11) is 1.69. The van der Waals surface area contributed by atoms with Gasteiger partial charge < -0.3 is 0 Å². The Balaban J connectivity index is 2.25. The summed E-state index contributed by atoms with van der Waals surface area (Å²) >= 11 is -1.88. The monoisotopic (exact) mass is 306 g/mol. The molecule has 1 aromatic rings. The zero-order chi connectivity index (χ0) is 14.8. The van der Waals surface area contributed by atoms with Crippen LogP contribution in [0.2, 0.25) is 0 Å². The van der Waals surface area contributed by atoms with Gasteiger partial charge in [0.15, 0.2) is 0 Å². The Morgan fingerprint density at radius 2 is 1.85 bits per heavy atom.